The number of ether oxygens (including phenoxy) is 2. The zero-order valence-corrected chi connectivity index (χ0v) is 17.3. The fourth-order valence-corrected chi connectivity index (χ4v) is 4.40. The molecule has 1 fully saturated rings. The molecule has 0 amide bonds. The third-order valence-electron chi connectivity index (χ3n) is 5.17. The summed E-state index contributed by atoms with van der Waals surface area (Å²) in [7, 11) is 0. The number of fused-ring (bicyclic) bond motifs is 1. The minimum absolute atomic E-state index is 0.280. The predicted molar refractivity (Wildman–Crippen MR) is 117 cm³/mol. The molecule has 5 rings (SSSR count). The van der Waals surface area contributed by atoms with E-state index in [-0.39, 0.29) is 6.10 Å². The summed E-state index contributed by atoms with van der Waals surface area (Å²) in [6, 6.07) is 16.0. The fraction of sp³-hybridized carbons (Fsp3) is 0.261. The molecule has 152 valence electrons. The van der Waals surface area contributed by atoms with Gasteiger partial charge in [0.15, 0.2) is 5.65 Å². The summed E-state index contributed by atoms with van der Waals surface area (Å²) in [5.74, 6) is 1.70. The van der Waals surface area contributed by atoms with Crippen LogP contribution in [0.4, 0.5) is 0 Å². The van der Waals surface area contributed by atoms with Crippen molar-refractivity contribution in [3.8, 4) is 16.7 Å². The molecule has 0 radical (unpaired) electrons. The first-order chi connectivity index (χ1) is 14.8. The number of benzene rings is 1. The van der Waals surface area contributed by atoms with Crippen molar-refractivity contribution in [3.05, 3.63) is 72.7 Å². The maximum absolute atomic E-state index is 6.06. The quantitative estimate of drug-likeness (QED) is 0.443. The predicted octanol–water partition coefficient (Wildman–Crippen LogP) is 4.92. The van der Waals surface area contributed by atoms with Crippen molar-refractivity contribution in [3.63, 3.8) is 0 Å². The number of hydrogen-bond donors (Lipinski definition) is 0. The zero-order chi connectivity index (χ0) is 20.2. The largest absolute Gasteiger partial charge is 0.490 e. The van der Waals surface area contributed by atoms with Crippen LogP contribution in [0.5, 0.6) is 16.7 Å². The summed E-state index contributed by atoms with van der Waals surface area (Å²) >= 11 is 1.51. The molecule has 4 aromatic rings. The van der Waals surface area contributed by atoms with Crippen molar-refractivity contribution in [2.24, 2.45) is 0 Å². The van der Waals surface area contributed by atoms with E-state index in [1.807, 2.05) is 36.4 Å². The van der Waals surface area contributed by atoms with Crippen LogP contribution in [-0.4, -0.2) is 39.0 Å². The molecule has 1 aliphatic heterocycles. The number of piperidine rings is 1. The standard InChI is InChI=1S/C23H22N4O2S/c1-2-21-22(25-11-1)26-23(30-21)29-18-5-3-17(4-6-18)16-27-14-9-20(10-15-27)28-19-7-12-24-13-8-19/h1-8,11-13,20H,9-10,14-16H2. The zero-order valence-electron chi connectivity index (χ0n) is 16.5. The summed E-state index contributed by atoms with van der Waals surface area (Å²) in [6.45, 7) is 3.01. The Hall–Kier alpha value is -3.03. The fourth-order valence-electron chi connectivity index (χ4n) is 3.61. The van der Waals surface area contributed by atoms with E-state index in [2.05, 4.69) is 32.0 Å². The van der Waals surface area contributed by atoms with Gasteiger partial charge in [-0.2, -0.15) is 4.98 Å². The molecule has 30 heavy (non-hydrogen) atoms. The lowest BCUT2D eigenvalue weighted by Crippen LogP contribution is -2.37. The van der Waals surface area contributed by atoms with Gasteiger partial charge in [-0.3, -0.25) is 9.88 Å². The Balaban J connectivity index is 1.13. The third kappa shape index (κ3) is 4.58. The van der Waals surface area contributed by atoms with E-state index in [9.17, 15) is 0 Å². The minimum atomic E-state index is 0.280. The summed E-state index contributed by atoms with van der Waals surface area (Å²) < 4.78 is 13.0. The molecule has 0 unspecified atom stereocenters. The first-order valence-corrected chi connectivity index (χ1v) is 10.9. The first kappa shape index (κ1) is 19.0. The Morgan fingerprint density at radius 3 is 2.50 bits per heavy atom. The average molecular weight is 419 g/mol. The van der Waals surface area contributed by atoms with Crippen LogP contribution in [0.2, 0.25) is 0 Å². The van der Waals surface area contributed by atoms with Crippen molar-refractivity contribution in [1.29, 1.82) is 0 Å². The number of likely N-dealkylation sites (tertiary alicyclic amines) is 1. The van der Waals surface area contributed by atoms with E-state index < -0.39 is 0 Å². The second-order valence-corrected chi connectivity index (χ2v) is 8.32. The van der Waals surface area contributed by atoms with Crippen molar-refractivity contribution < 1.29 is 9.47 Å². The van der Waals surface area contributed by atoms with Gasteiger partial charge in [0.1, 0.15) is 17.6 Å². The molecule has 0 spiro atoms. The van der Waals surface area contributed by atoms with Crippen LogP contribution in [-0.2, 0) is 6.54 Å². The van der Waals surface area contributed by atoms with Crippen molar-refractivity contribution in [1.82, 2.24) is 19.9 Å². The molecule has 0 aliphatic carbocycles. The molecule has 7 heteroatoms. The summed E-state index contributed by atoms with van der Waals surface area (Å²) in [4.78, 5) is 15.2. The van der Waals surface area contributed by atoms with E-state index >= 15 is 0 Å². The van der Waals surface area contributed by atoms with Crippen LogP contribution in [0.15, 0.2) is 67.1 Å². The Kier molecular flexibility index (Phi) is 5.54. The Labute approximate surface area is 179 Å². The number of hydrogen-bond acceptors (Lipinski definition) is 7. The van der Waals surface area contributed by atoms with Gasteiger partial charge in [0.25, 0.3) is 5.19 Å². The topological polar surface area (TPSA) is 60.4 Å². The molecule has 6 nitrogen and oxygen atoms in total. The lowest BCUT2D eigenvalue weighted by Gasteiger charge is -2.32. The van der Waals surface area contributed by atoms with Crippen LogP contribution < -0.4 is 9.47 Å². The van der Waals surface area contributed by atoms with Gasteiger partial charge >= 0.3 is 0 Å². The van der Waals surface area contributed by atoms with Crippen molar-refractivity contribution in [2.45, 2.75) is 25.5 Å². The molecule has 3 aromatic heterocycles. The molecule has 0 saturated carbocycles. The van der Waals surface area contributed by atoms with Crippen molar-refractivity contribution >= 4 is 21.7 Å². The van der Waals surface area contributed by atoms with Crippen LogP contribution >= 0.6 is 11.3 Å². The SMILES string of the molecule is c1cnc2nc(Oc3ccc(CN4CCC(Oc5ccncc5)CC4)cc3)sc2c1. The van der Waals surface area contributed by atoms with Gasteiger partial charge < -0.3 is 9.47 Å². The Morgan fingerprint density at radius 2 is 1.73 bits per heavy atom. The van der Waals surface area contributed by atoms with Gasteiger partial charge in [0, 0.05) is 38.2 Å². The summed E-state index contributed by atoms with van der Waals surface area (Å²) in [6.07, 6.45) is 7.64. The Bertz CT molecular complexity index is 1060. The van der Waals surface area contributed by atoms with Crippen LogP contribution in [0.25, 0.3) is 10.3 Å². The van der Waals surface area contributed by atoms with Gasteiger partial charge in [-0.05, 0) is 54.8 Å². The molecule has 0 bridgehead atoms. The van der Waals surface area contributed by atoms with Crippen LogP contribution in [0.1, 0.15) is 18.4 Å². The molecule has 1 aliphatic rings. The van der Waals surface area contributed by atoms with E-state index in [0.29, 0.717) is 5.19 Å². The number of nitrogens with zero attached hydrogens (tertiary/aromatic N) is 4. The van der Waals surface area contributed by atoms with E-state index in [1.54, 1.807) is 18.6 Å². The molecular formula is C23H22N4O2S. The average Bonchev–Trinajstić information content (AvgIpc) is 3.19. The molecule has 4 heterocycles. The lowest BCUT2D eigenvalue weighted by atomic mass is 10.1. The number of thiazole rings is 1. The van der Waals surface area contributed by atoms with Gasteiger partial charge in [-0.15, -0.1) is 0 Å². The van der Waals surface area contributed by atoms with Crippen molar-refractivity contribution in [2.75, 3.05) is 13.1 Å². The normalized spacial score (nSPS) is 15.3. The second kappa shape index (κ2) is 8.77. The first-order valence-electron chi connectivity index (χ1n) is 10.1. The van der Waals surface area contributed by atoms with Gasteiger partial charge in [0.2, 0.25) is 0 Å². The third-order valence-corrected chi connectivity index (χ3v) is 6.05. The highest BCUT2D eigenvalue weighted by Gasteiger charge is 2.20. The van der Waals surface area contributed by atoms with Gasteiger partial charge in [0.05, 0.1) is 4.70 Å². The molecule has 0 N–H and O–H groups in total. The molecular weight excluding hydrogens is 396 g/mol. The van der Waals surface area contributed by atoms with Crippen LogP contribution in [0, 0.1) is 0 Å². The highest BCUT2D eigenvalue weighted by molar-refractivity contribution is 7.20. The maximum atomic E-state index is 6.06. The van der Waals surface area contributed by atoms with E-state index in [0.717, 1.165) is 54.3 Å². The van der Waals surface area contributed by atoms with Crippen LogP contribution in [0.3, 0.4) is 0 Å². The molecule has 0 atom stereocenters. The lowest BCUT2D eigenvalue weighted by molar-refractivity contribution is 0.0967. The number of pyridine rings is 2. The van der Waals surface area contributed by atoms with E-state index in [4.69, 9.17) is 9.47 Å². The number of rotatable bonds is 6. The highest BCUT2D eigenvalue weighted by atomic mass is 32.1. The minimum Gasteiger partial charge on any atom is -0.490 e. The molecule has 1 aromatic carbocycles. The van der Waals surface area contributed by atoms with E-state index in [1.165, 1.54) is 16.9 Å². The smallest absolute Gasteiger partial charge is 0.281 e. The number of aromatic nitrogens is 3. The van der Waals surface area contributed by atoms with Gasteiger partial charge in [-0.1, -0.05) is 23.5 Å². The monoisotopic (exact) mass is 418 g/mol. The maximum Gasteiger partial charge on any atom is 0.281 e. The van der Waals surface area contributed by atoms with Gasteiger partial charge in [-0.25, -0.2) is 4.98 Å². The molecule has 1 saturated heterocycles. The Morgan fingerprint density at radius 1 is 0.933 bits per heavy atom. The summed E-state index contributed by atoms with van der Waals surface area (Å²) in [5, 5.41) is 0.618. The summed E-state index contributed by atoms with van der Waals surface area (Å²) in [5.41, 5.74) is 2.01. The highest BCUT2D eigenvalue weighted by Crippen LogP contribution is 2.30. The second-order valence-electron chi connectivity index (χ2n) is 7.33.